The van der Waals surface area contributed by atoms with E-state index >= 15 is 0 Å². The number of rotatable bonds is 8. The summed E-state index contributed by atoms with van der Waals surface area (Å²) in [4.78, 5) is 0. The molecule has 0 aromatic rings. The molecule has 1 saturated heterocycles. The molecule has 2 N–H and O–H groups in total. The van der Waals surface area contributed by atoms with Gasteiger partial charge in [-0.25, -0.2) is 0 Å². The van der Waals surface area contributed by atoms with Gasteiger partial charge in [-0.1, -0.05) is 63.3 Å². The van der Waals surface area contributed by atoms with Gasteiger partial charge < -0.3 is 14.9 Å². The first-order chi connectivity index (χ1) is 14.2. The van der Waals surface area contributed by atoms with Crippen LogP contribution in [0.1, 0.15) is 77.6 Å². The van der Waals surface area contributed by atoms with Gasteiger partial charge in [0, 0.05) is 25.0 Å². The Morgan fingerprint density at radius 2 is 1.79 bits per heavy atom. The number of allylic oxidation sites excluding steroid dienone is 1. The van der Waals surface area contributed by atoms with E-state index in [0.717, 1.165) is 37.9 Å². The number of aliphatic hydroxyl groups excluding tert-OH is 2. The lowest BCUT2D eigenvalue weighted by atomic mass is 9.72. The Balaban J connectivity index is 1.57. The minimum Gasteiger partial charge on any atom is -0.392 e. The van der Waals surface area contributed by atoms with Crippen LogP contribution in [0.2, 0.25) is 0 Å². The van der Waals surface area contributed by atoms with Crippen LogP contribution in [0.15, 0.2) is 24.3 Å². The summed E-state index contributed by atoms with van der Waals surface area (Å²) in [5.74, 6) is 3.27. The number of hydrogen-bond acceptors (Lipinski definition) is 3. The molecule has 0 bridgehead atoms. The van der Waals surface area contributed by atoms with Crippen molar-refractivity contribution in [2.75, 3.05) is 19.8 Å². The minimum atomic E-state index is -0.335. The van der Waals surface area contributed by atoms with Crippen molar-refractivity contribution >= 4 is 0 Å². The average Bonchev–Trinajstić information content (AvgIpc) is 3.06. The van der Waals surface area contributed by atoms with E-state index in [4.69, 9.17) is 4.74 Å². The first kappa shape index (κ1) is 23.0. The van der Waals surface area contributed by atoms with E-state index in [-0.39, 0.29) is 24.5 Å². The summed E-state index contributed by atoms with van der Waals surface area (Å²) < 4.78 is 5.64. The Hall–Kier alpha value is -0.640. The molecule has 0 radical (unpaired) electrons. The molecule has 3 nitrogen and oxygen atoms in total. The largest absolute Gasteiger partial charge is 0.392 e. The average molecular weight is 405 g/mol. The lowest BCUT2D eigenvalue weighted by Gasteiger charge is -2.35. The molecule has 3 unspecified atom stereocenters. The maximum Gasteiger partial charge on any atom is 0.0665 e. The number of aliphatic hydroxyl groups is 2. The fraction of sp³-hybridized carbons (Fsp3) is 0.846. The topological polar surface area (TPSA) is 49.7 Å². The second-order valence-electron chi connectivity index (χ2n) is 9.97. The van der Waals surface area contributed by atoms with E-state index in [1.807, 2.05) is 6.08 Å². The third kappa shape index (κ3) is 6.94. The summed E-state index contributed by atoms with van der Waals surface area (Å²) in [5, 5.41) is 20.5. The highest BCUT2D eigenvalue weighted by Gasteiger charge is 2.32. The van der Waals surface area contributed by atoms with E-state index in [0.29, 0.717) is 11.8 Å². The van der Waals surface area contributed by atoms with E-state index < -0.39 is 0 Å². The molecule has 0 amide bonds. The quantitative estimate of drug-likeness (QED) is 0.524. The van der Waals surface area contributed by atoms with Crippen molar-refractivity contribution in [2.24, 2.45) is 35.5 Å². The highest BCUT2D eigenvalue weighted by molar-refractivity contribution is 5.05. The summed E-state index contributed by atoms with van der Waals surface area (Å²) in [6, 6.07) is 0. The summed E-state index contributed by atoms with van der Waals surface area (Å²) >= 11 is 0. The maximum atomic E-state index is 11.2. The molecule has 0 aromatic heterocycles. The predicted molar refractivity (Wildman–Crippen MR) is 120 cm³/mol. The monoisotopic (exact) mass is 404 g/mol. The molecular formula is C26H44O3. The lowest BCUT2D eigenvalue weighted by Crippen LogP contribution is -2.32. The molecule has 6 atom stereocenters. The predicted octanol–water partition coefficient (Wildman–Crippen LogP) is 5.52. The van der Waals surface area contributed by atoms with Gasteiger partial charge in [0.15, 0.2) is 0 Å². The Morgan fingerprint density at radius 3 is 2.52 bits per heavy atom. The second kappa shape index (κ2) is 12.3. The summed E-state index contributed by atoms with van der Waals surface area (Å²) in [6.07, 6.45) is 22.1. The molecule has 3 heteroatoms. The van der Waals surface area contributed by atoms with Crippen molar-refractivity contribution in [1.82, 2.24) is 0 Å². The second-order valence-corrected chi connectivity index (χ2v) is 9.97. The summed E-state index contributed by atoms with van der Waals surface area (Å²) in [5.41, 5.74) is 0. The van der Waals surface area contributed by atoms with Crippen molar-refractivity contribution in [3.05, 3.63) is 24.3 Å². The van der Waals surface area contributed by atoms with E-state index in [1.165, 1.54) is 57.8 Å². The van der Waals surface area contributed by atoms with Gasteiger partial charge in [0.2, 0.25) is 0 Å². The molecule has 1 saturated carbocycles. The van der Waals surface area contributed by atoms with Crippen molar-refractivity contribution < 1.29 is 14.9 Å². The summed E-state index contributed by atoms with van der Waals surface area (Å²) in [6.45, 7) is 4.27. The van der Waals surface area contributed by atoms with Crippen LogP contribution in [-0.4, -0.2) is 36.1 Å². The summed E-state index contributed by atoms with van der Waals surface area (Å²) in [7, 11) is 0. The third-order valence-electron chi connectivity index (χ3n) is 8.01. The molecule has 3 rings (SSSR count). The normalized spacial score (nSPS) is 32.7. The van der Waals surface area contributed by atoms with Gasteiger partial charge in [-0.15, -0.1) is 0 Å². The van der Waals surface area contributed by atoms with Gasteiger partial charge in [0.25, 0.3) is 0 Å². The zero-order valence-corrected chi connectivity index (χ0v) is 18.6. The van der Waals surface area contributed by atoms with Gasteiger partial charge in [-0.05, 0) is 62.2 Å². The standard InChI is InChI=1S/C26H44O3/c1-20(21-7-3-2-4-8-21)19-25(9-5-16-27)26(28)24-13-11-23(12-14-24)22-10-6-17-29-18-15-22/h5,9,11,13,20-28H,2-4,6-8,10,12,14-19H2,1H3/b9-5-/t20?,22-,23-,24?,25-,26?/m0/s1. The van der Waals surface area contributed by atoms with Crippen molar-refractivity contribution in [3.8, 4) is 0 Å². The molecule has 0 aromatic carbocycles. The third-order valence-corrected chi connectivity index (χ3v) is 8.01. The Kier molecular flexibility index (Phi) is 9.75. The zero-order chi connectivity index (χ0) is 20.5. The Morgan fingerprint density at radius 1 is 0.966 bits per heavy atom. The van der Waals surface area contributed by atoms with Crippen molar-refractivity contribution in [2.45, 2.75) is 83.7 Å². The minimum absolute atomic E-state index is 0.0629. The molecule has 3 aliphatic rings. The number of ether oxygens (including phenoxy) is 1. The lowest BCUT2D eigenvalue weighted by molar-refractivity contribution is 0.0607. The van der Waals surface area contributed by atoms with E-state index in [2.05, 4.69) is 25.2 Å². The molecular weight excluding hydrogens is 360 g/mol. The molecule has 29 heavy (non-hydrogen) atoms. The fourth-order valence-electron chi connectivity index (χ4n) is 6.11. The first-order valence-corrected chi connectivity index (χ1v) is 12.4. The van der Waals surface area contributed by atoms with Crippen LogP contribution in [0.25, 0.3) is 0 Å². The molecule has 1 aliphatic heterocycles. The highest BCUT2D eigenvalue weighted by Crippen LogP contribution is 2.38. The van der Waals surface area contributed by atoms with E-state index in [1.54, 1.807) is 0 Å². The zero-order valence-electron chi connectivity index (χ0n) is 18.6. The van der Waals surface area contributed by atoms with Gasteiger partial charge in [-0.3, -0.25) is 0 Å². The van der Waals surface area contributed by atoms with Crippen LogP contribution in [0.4, 0.5) is 0 Å². The Labute approximate surface area is 178 Å². The molecule has 1 heterocycles. The van der Waals surface area contributed by atoms with Gasteiger partial charge >= 0.3 is 0 Å². The van der Waals surface area contributed by atoms with Gasteiger partial charge in [0.1, 0.15) is 0 Å². The van der Waals surface area contributed by atoms with Crippen LogP contribution < -0.4 is 0 Å². The van der Waals surface area contributed by atoms with Gasteiger partial charge in [0.05, 0.1) is 12.7 Å². The number of hydrogen-bond donors (Lipinski definition) is 2. The fourth-order valence-corrected chi connectivity index (χ4v) is 6.11. The molecule has 0 spiro atoms. The first-order valence-electron chi connectivity index (χ1n) is 12.4. The molecule has 2 fully saturated rings. The van der Waals surface area contributed by atoms with Crippen LogP contribution in [-0.2, 0) is 4.74 Å². The Bertz CT molecular complexity index is 500. The van der Waals surface area contributed by atoms with E-state index in [9.17, 15) is 10.2 Å². The maximum absolute atomic E-state index is 11.2. The van der Waals surface area contributed by atoms with Crippen molar-refractivity contribution in [1.29, 1.82) is 0 Å². The van der Waals surface area contributed by atoms with Crippen LogP contribution in [0.3, 0.4) is 0 Å². The SMILES string of the molecule is CC(C[C@H](/C=C\CO)C(O)C1C=C[C@H]([C@H]2CCCOCC2)CC1)C1CCCCC1. The smallest absolute Gasteiger partial charge is 0.0665 e. The van der Waals surface area contributed by atoms with Crippen molar-refractivity contribution in [3.63, 3.8) is 0 Å². The van der Waals surface area contributed by atoms with Crippen LogP contribution >= 0.6 is 0 Å². The van der Waals surface area contributed by atoms with Crippen LogP contribution in [0, 0.1) is 35.5 Å². The van der Waals surface area contributed by atoms with Crippen LogP contribution in [0.5, 0.6) is 0 Å². The molecule has 2 aliphatic carbocycles. The van der Waals surface area contributed by atoms with Gasteiger partial charge in [-0.2, -0.15) is 0 Å². The molecule has 166 valence electrons. The highest BCUT2D eigenvalue weighted by atomic mass is 16.5.